The van der Waals surface area contributed by atoms with Crippen molar-refractivity contribution in [2.75, 3.05) is 19.6 Å². The molecule has 0 radical (unpaired) electrons. The first-order valence-corrected chi connectivity index (χ1v) is 6.39. The highest BCUT2D eigenvalue weighted by atomic mass is 16.6. The number of nitro benzene ring substituents is 1. The first kappa shape index (κ1) is 15.3. The van der Waals surface area contributed by atoms with Gasteiger partial charge in [0.15, 0.2) is 0 Å². The summed E-state index contributed by atoms with van der Waals surface area (Å²) in [5, 5.41) is 14.6. The molecule has 0 amide bonds. The standard InChI is InChI=1S/C15H15N3O4/c1-21-14-7-11(8-15(9-14)22-2)10-16-17-12-3-5-13(6-4-12)18(19)20/h3-10,17H,1-2H3/b16-10+. The Balaban J connectivity index is 2.07. The van der Waals surface area contributed by atoms with Crippen LogP contribution >= 0.6 is 0 Å². The van der Waals surface area contributed by atoms with Crippen molar-refractivity contribution in [2.24, 2.45) is 5.10 Å². The maximum Gasteiger partial charge on any atom is 0.269 e. The fourth-order valence-electron chi connectivity index (χ4n) is 1.74. The van der Waals surface area contributed by atoms with Crippen LogP contribution in [-0.4, -0.2) is 25.4 Å². The van der Waals surface area contributed by atoms with Crippen molar-refractivity contribution < 1.29 is 14.4 Å². The van der Waals surface area contributed by atoms with E-state index in [0.717, 1.165) is 5.56 Å². The van der Waals surface area contributed by atoms with Gasteiger partial charge in [0, 0.05) is 23.8 Å². The molecule has 0 aromatic heterocycles. The lowest BCUT2D eigenvalue weighted by atomic mass is 10.2. The van der Waals surface area contributed by atoms with Crippen LogP contribution < -0.4 is 14.9 Å². The summed E-state index contributed by atoms with van der Waals surface area (Å²) in [7, 11) is 3.15. The van der Waals surface area contributed by atoms with E-state index in [2.05, 4.69) is 10.5 Å². The van der Waals surface area contributed by atoms with E-state index in [1.54, 1.807) is 38.6 Å². The van der Waals surface area contributed by atoms with Gasteiger partial charge < -0.3 is 9.47 Å². The lowest BCUT2D eigenvalue weighted by Crippen LogP contribution is -1.94. The highest BCUT2D eigenvalue weighted by Crippen LogP contribution is 2.21. The molecule has 0 atom stereocenters. The summed E-state index contributed by atoms with van der Waals surface area (Å²) in [6.45, 7) is 0. The van der Waals surface area contributed by atoms with E-state index < -0.39 is 4.92 Å². The minimum atomic E-state index is -0.449. The number of non-ortho nitro benzene ring substituents is 1. The molecule has 7 nitrogen and oxygen atoms in total. The summed E-state index contributed by atoms with van der Waals surface area (Å²) in [6.07, 6.45) is 1.60. The molecular formula is C15H15N3O4. The molecule has 0 bridgehead atoms. The third kappa shape index (κ3) is 3.95. The Morgan fingerprint density at radius 2 is 1.68 bits per heavy atom. The summed E-state index contributed by atoms with van der Waals surface area (Å²) in [5.74, 6) is 1.33. The van der Waals surface area contributed by atoms with Crippen LogP contribution in [0.2, 0.25) is 0 Å². The smallest absolute Gasteiger partial charge is 0.269 e. The summed E-state index contributed by atoms with van der Waals surface area (Å²) in [4.78, 5) is 10.1. The number of hydrogen-bond acceptors (Lipinski definition) is 6. The molecule has 0 saturated carbocycles. The third-order valence-electron chi connectivity index (χ3n) is 2.86. The summed E-state index contributed by atoms with van der Waals surface area (Å²) < 4.78 is 10.3. The van der Waals surface area contributed by atoms with Gasteiger partial charge in [-0.1, -0.05) is 0 Å². The van der Waals surface area contributed by atoms with E-state index in [1.807, 2.05) is 12.1 Å². The molecule has 114 valence electrons. The molecule has 7 heteroatoms. The van der Waals surface area contributed by atoms with Gasteiger partial charge in [-0.05, 0) is 24.3 Å². The molecule has 2 aromatic carbocycles. The molecule has 0 aliphatic rings. The molecule has 0 fully saturated rings. The van der Waals surface area contributed by atoms with Crippen LogP contribution in [-0.2, 0) is 0 Å². The van der Waals surface area contributed by atoms with Crippen molar-refractivity contribution in [2.45, 2.75) is 0 Å². The number of nitrogens with one attached hydrogen (secondary N) is 1. The predicted octanol–water partition coefficient (Wildman–Crippen LogP) is 3.06. The molecule has 2 rings (SSSR count). The third-order valence-corrected chi connectivity index (χ3v) is 2.86. The van der Waals surface area contributed by atoms with Crippen LogP contribution in [0.5, 0.6) is 11.5 Å². The monoisotopic (exact) mass is 301 g/mol. The lowest BCUT2D eigenvalue weighted by Gasteiger charge is -2.05. The molecule has 0 heterocycles. The van der Waals surface area contributed by atoms with Crippen molar-refractivity contribution in [3.8, 4) is 11.5 Å². The lowest BCUT2D eigenvalue weighted by molar-refractivity contribution is -0.384. The van der Waals surface area contributed by atoms with E-state index in [1.165, 1.54) is 12.1 Å². The largest absolute Gasteiger partial charge is 0.497 e. The van der Waals surface area contributed by atoms with Crippen LogP contribution in [0.15, 0.2) is 47.6 Å². The number of anilines is 1. The summed E-state index contributed by atoms with van der Waals surface area (Å²) in [5.41, 5.74) is 4.28. The molecule has 0 spiro atoms. The topological polar surface area (TPSA) is 86.0 Å². The quantitative estimate of drug-likeness (QED) is 0.503. The van der Waals surface area contributed by atoms with Gasteiger partial charge in [0.2, 0.25) is 0 Å². The first-order valence-electron chi connectivity index (χ1n) is 6.39. The minimum absolute atomic E-state index is 0.0343. The van der Waals surface area contributed by atoms with E-state index in [9.17, 15) is 10.1 Å². The number of benzene rings is 2. The van der Waals surface area contributed by atoms with Gasteiger partial charge in [0.25, 0.3) is 5.69 Å². The molecule has 0 aliphatic heterocycles. The molecule has 0 aliphatic carbocycles. The summed E-state index contributed by atoms with van der Waals surface area (Å²) >= 11 is 0. The van der Waals surface area contributed by atoms with Gasteiger partial charge in [-0.25, -0.2) is 0 Å². The Morgan fingerprint density at radius 3 is 2.18 bits per heavy atom. The highest BCUT2D eigenvalue weighted by molar-refractivity contribution is 5.81. The van der Waals surface area contributed by atoms with Crippen molar-refractivity contribution in [3.05, 3.63) is 58.1 Å². The zero-order chi connectivity index (χ0) is 15.9. The molecule has 0 saturated heterocycles. The fourth-order valence-corrected chi connectivity index (χ4v) is 1.74. The van der Waals surface area contributed by atoms with E-state index >= 15 is 0 Å². The normalized spacial score (nSPS) is 10.5. The Bertz CT molecular complexity index is 661. The number of hydrogen-bond donors (Lipinski definition) is 1. The first-order chi connectivity index (χ1) is 10.6. The minimum Gasteiger partial charge on any atom is -0.497 e. The Kier molecular flexibility index (Phi) is 4.92. The maximum absolute atomic E-state index is 10.6. The van der Waals surface area contributed by atoms with Gasteiger partial charge in [0.05, 0.1) is 31.0 Å². The Morgan fingerprint density at radius 1 is 1.09 bits per heavy atom. The number of methoxy groups -OCH3 is 2. The Labute approximate surface area is 127 Å². The SMILES string of the molecule is COc1cc(/C=N/Nc2ccc([N+](=O)[O-])cc2)cc(OC)c1. The van der Waals surface area contributed by atoms with Crippen LogP contribution in [0.1, 0.15) is 5.56 Å². The van der Waals surface area contributed by atoms with Crippen LogP contribution in [0.4, 0.5) is 11.4 Å². The zero-order valence-electron chi connectivity index (χ0n) is 12.1. The van der Waals surface area contributed by atoms with Crippen LogP contribution in [0.3, 0.4) is 0 Å². The Hall–Kier alpha value is -3.09. The van der Waals surface area contributed by atoms with Gasteiger partial charge in [0.1, 0.15) is 11.5 Å². The van der Waals surface area contributed by atoms with E-state index in [0.29, 0.717) is 17.2 Å². The molecule has 2 aromatic rings. The van der Waals surface area contributed by atoms with Crippen molar-refractivity contribution in [3.63, 3.8) is 0 Å². The molecule has 0 unspecified atom stereocenters. The highest BCUT2D eigenvalue weighted by Gasteiger charge is 2.03. The van der Waals surface area contributed by atoms with Crippen molar-refractivity contribution in [1.82, 2.24) is 0 Å². The molecule has 22 heavy (non-hydrogen) atoms. The molecule has 1 N–H and O–H groups in total. The van der Waals surface area contributed by atoms with E-state index in [-0.39, 0.29) is 5.69 Å². The number of nitrogens with zero attached hydrogens (tertiary/aromatic N) is 2. The summed E-state index contributed by atoms with van der Waals surface area (Å²) in [6, 6.07) is 11.4. The van der Waals surface area contributed by atoms with Crippen molar-refractivity contribution in [1.29, 1.82) is 0 Å². The van der Waals surface area contributed by atoms with Crippen molar-refractivity contribution >= 4 is 17.6 Å². The van der Waals surface area contributed by atoms with Gasteiger partial charge >= 0.3 is 0 Å². The van der Waals surface area contributed by atoms with Crippen LogP contribution in [0, 0.1) is 10.1 Å². The number of nitro groups is 1. The number of hydrazone groups is 1. The fraction of sp³-hybridized carbons (Fsp3) is 0.133. The predicted molar refractivity (Wildman–Crippen MR) is 83.9 cm³/mol. The van der Waals surface area contributed by atoms with Gasteiger partial charge in [-0.2, -0.15) is 5.10 Å². The second-order valence-corrected chi connectivity index (χ2v) is 4.32. The molecular weight excluding hydrogens is 286 g/mol. The average molecular weight is 301 g/mol. The second-order valence-electron chi connectivity index (χ2n) is 4.32. The zero-order valence-corrected chi connectivity index (χ0v) is 12.1. The van der Waals surface area contributed by atoms with E-state index in [4.69, 9.17) is 9.47 Å². The second kappa shape index (κ2) is 7.07. The van der Waals surface area contributed by atoms with Gasteiger partial charge in [-0.15, -0.1) is 0 Å². The average Bonchev–Trinajstić information content (AvgIpc) is 2.55. The number of rotatable bonds is 6. The number of ether oxygens (including phenoxy) is 2. The van der Waals surface area contributed by atoms with Crippen LogP contribution in [0.25, 0.3) is 0 Å². The maximum atomic E-state index is 10.6. The van der Waals surface area contributed by atoms with Gasteiger partial charge in [-0.3, -0.25) is 15.5 Å².